The molecule has 0 radical (unpaired) electrons. The molecule has 3 heteroatoms. The van der Waals surface area contributed by atoms with Crippen molar-refractivity contribution in [2.24, 2.45) is 11.3 Å². The number of nitrogens with one attached hydrogen (secondary N) is 1. The van der Waals surface area contributed by atoms with E-state index in [0.29, 0.717) is 12.0 Å². The molecule has 1 aliphatic heterocycles. The predicted molar refractivity (Wildman–Crippen MR) is 66.5 cm³/mol. The molecule has 94 valence electrons. The Morgan fingerprint density at radius 3 is 2.56 bits per heavy atom. The lowest BCUT2D eigenvalue weighted by atomic mass is 9.96. The van der Waals surface area contributed by atoms with E-state index < -0.39 is 0 Å². The maximum atomic E-state index is 8.99. The van der Waals surface area contributed by atoms with Gasteiger partial charge >= 0.3 is 0 Å². The summed E-state index contributed by atoms with van der Waals surface area (Å²) in [6, 6.07) is 0. The zero-order valence-corrected chi connectivity index (χ0v) is 10.5. The van der Waals surface area contributed by atoms with Crippen molar-refractivity contribution in [1.29, 1.82) is 0 Å². The first-order valence-corrected chi connectivity index (χ1v) is 6.74. The van der Waals surface area contributed by atoms with Gasteiger partial charge in [-0.3, -0.25) is 0 Å². The van der Waals surface area contributed by atoms with Crippen LogP contribution in [0.5, 0.6) is 0 Å². The van der Waals surface area contributed by atoms with Crippen molar-refractivity contribution in [2.45, 2.75) is 32.1 Å². The quantitative estimate of drug-likeness (QED) is 0.711. The summed E-state index contributed by atoms with van der Waals surface area (Å²) < 4.78 is 0. The SMILES string of the molecule is CN1CCC(CNCC2(CCO)CC2)CC1. The van der Waals surface area contributed by atoms with Crippen LogP contribution in [0.15, 0.2) is 0 Å². The minimum atomic E-state index is 0.357. The number of hydrogen-bond donors (Lipinski definition) is 2. The highest BCUT2D eigenvalue weighted by Gasteiger charge is 2.41. The zero-order chi connectivity index (χ0) is 11.4. The van der Waals surface area contributed by atoms with E-state index in [2.05, 4.69) is 17.3 Å². The smallest absolute Gasteiger partial charge is 0.0436 e. The second-order valence-corrected chi connectivity index (χ2v) is 5.85. The van der Waals surface area contributed by atoms with Crippen molar-refractivity contribution in [1.82, 2.24) is 10.2 Å². The Labute approximate surface area is 99.2 Å². The number of piperidine rings is 1. The molecule has 0 aromatic heterocycles. The maximum Gasteiger partial charge on any atom is 0.0436 e. The Morgan fingerprint density at radius 1 is 1.31 bits per heavy atom. The fraction of sp³-hybridized carbons (Fsp3) is 1.00. The lowest BCUT2D eigenvalue weighted by Crippen LogP contribution is -2.36. The van der Waals surface area contributed by atoms with Crippen LogP contribution in [0.3, 0.4) is 0 Å². The van der Waals surface area contributed by atoms with E-state index in [1.807, 2.05) is 0 Å². The second kappa shape index (κ2) is 5.48. The summed E-state index contributed by atoms with van der Waals surface area (Å²) >= 11 is 0. The van der Waals surface area contributed by atoms with Gasteiger partial charge in [0.25, 0.3) is 0 Å². The third-order valence-corrected chi connectivity index (χ3v) is 4.37. The number of nitrogens with zero attached hydrogens (tertiary/aromatic N) is 1. The minimum absolute atomic E-state index is 0.357. The van der Waals surface area contributed by atoms with E-state index in [0.717, 1.165) is 18.9 Å². The van der Waals surface area contributed by atoms with Gasteiger partial charge in [0.15, 0.2) is 0 Å². The number of likely N-dealkylation sites (tertiary alicyclic amines) is 1. The van der Waals surface area contributed by atoms with Gasteiger partial charge in [0.05, 0.1) is 0 Å². The molecule has 1 saturated heterocycles. The van der Waals surface area contributed by atoms with Crippen LogP contribution in [0.2, 0.25) is 0 Å². The molecule has 0 unspecified atom stereocenters. The molecule has 16 heavy (non-hydrogen) atoms. The molecule has 1 aliphatic carbocycles. The van der Waals surface area contributed by atoms with Crippen molar-refractivity contribution in [3.8, 4) is 0 Å². The molecule has 1 heterocycles. The molecule has 2 fully saturated rings. The van der Waals surface area contributed by atoms with Gasteiger partial charge in [-0.25, -0.2) is 0 Å². The minimum Gasteiger partial charge on any atom is -0.396 e. The van der Waals surface area contributed by atoms with Gasteiger partial charge < -0.3 is 15.3 Å². The lowest BCUT2D eigenvalue weighted by molar-refractivity contribution is 0.209. The monoisotopic (exact) mass is 226 g/mol. The summed E-state index contributed by atoms with van der Waals surface area (Å²) in [6.07, 6.45) is 6.31. The molecule has 0 amide bonds. The molecule has 0 atom stereocenters. The molecule has 0 spiro atoms. The van der Waals surface area contributed by atoms with Crippen molar-refractivity contribution < 1.29 is 5.11 Å². The van der Waals surface area contributed by atoms with E-state index in [9.17, 15) is 0 Å². The highest BCUT2D eigenvalue weighted by molar-refractivity contribution is 4.94. The Kier molecular flexibility index (Phi) is 4.22. The van der Waals surface area contributed by atoms with Gasteiger partial charge in [0.1, 0.15) is 0 Å². The van der Waals surface area contributed by atoms with Crippen LogP contribution in [0.25, 0.3) is 0 Å². The Hall–Kier alpha value is -0.120. The topological polar surface area (TPSA) is 35.5 Å². The zero-order valence-electron chi connectivity index (χ0n) is 10.5. The lowest BCUT2D eigenvalue weighted by Gasteiger charge is -2.29. The van der Waals surface area contributed by atoms with Gasteiger partial charge in [-0.1, -0.05) is 0 Å². The maximum absolute atomic E-state index is 8.99. The number of aliphatic hydroxyl groups excluding tert-OH is 1. The van der Waals surface area contributed by atoms with Crippen LogP contribution in [0.4, 0.5) is 0 Å². The highest BCUT2D eigenvalue weighted by Crippen LogP contribution is 2.47. The van der Waals surface area contributed by atoms with E-state index in [-0.39, 0.29) is 0 Å². The average Bonchev–Trinajstić information content (AvgIpc) is 3.02. The van der Waals surface area contributed by atoms with Crippen LogP contribution in [-0.4, -0.2) is 49.8 Å². The standard InChI is InChI=1S/C13H26N2O/c1-15-7-2-12(3-8-15)10-14-11-13(4-5-13)6-9-16/h12,14,16H,2-11H2,1H3. The van der Waals surface area contributed by atoms with Crippen molar-refractivity contribution >= 4 is 0 Å². The first-order chi connectivity index (χ1) is 7.74. The van der Waals surface area contributed by atoms with E-state index >= 15 is 0 Å². The fourth-order valence-electron chi connectivity index (χ4n) is 2.74. The molecule has 0 aromatic carbocycles. The van der Waals surface area contributed by atoms with Gasteiger partial charge in [-0.05, 0) is 70.1 Å². The van der Waals surface area contributed by atoms with Gasteiger partial charge in [0.2, 0.25) is 0 Å². The Bertz CT molecular complexity index is 208. The molecule has 2 N–H and O–H groups in total. The Morgan fingerprint density at radius 2 is 2.00 bits per heavy atom. The van der Waals surface area contributed by atoms with Crippen molar-refractivity contribution in [3.05, 3.63) is 0 Å². The molecule has 0 aromatic rings. The summed E-state index contributed by atoms with van der Waals surface area (Å²) in [7, 11) is 2.21. The molecule has 2 rings (SSSR count). The Balaban J connectivity index is 1.58. The number of rotatable bonds is 6. The molecule has 0 bridgehead atoms. The summed E-state index contributed by atoms with van der Waals surface area (Å²) in [5.41, 5.74) is 0.472. The molecule has 2 aliphatic rings. The molecule has 3 nitrogen and oxygen atoms in total. The molecule has 1 saturated carbocycles. The van der Waals surface area contributed by atoms with Gasteiger partial charge in [0, 0.05) is 13.2 Å². The van der Waals surface area contributed by atoms with Crippen LogP contribution >= 0.6 is 0 Å². The van der Waals surface area contributed by atoms with Crippen LogP contribution in [0, 0.1) is 11.3 Å². The molecular weight excluding hydrogens is 200 g/mol. The van der Waals surface area contributed by atoms with E-state index in [4.69, 9.17) is 5.11 Å². The average molecular weight is 226 g/mol. The first-order valence-electron chi connectivity index (χ1n) is 6.74. The number of aliphatic hydroxyl groups is 1. The molecular formula is C13H26N2O. The largest absolute Gasteiger partial charge is 0.396 e. The summed E-state index contributed by atoms with van der Waals surface area (Å²) in [4.78, 5) is 2.42. The summed E-state index contributed by atoms with van der Waals surface area (Å²) in [6.45, 7) is 5.18. The highest BCUT2D eigenvalue weighted by atomic mass is 16.3. The third-order valence-electron chi connectivity index (χ3n) is 4.37. The van der Waals surface area contributed by atoms with Crippen molar-refractivity contribution in [3.63, 3.8) is 0 Å². The van der Waals surface area contributed by atoms with Gasteiger partial charge in [-0.2, -0.15) is 0 Å². The fourth-order valence-corrected chi connectivity index (χ4v) is 2.74. The van der Waals surface area contributed by atoms with Crippen LogP contribution in [-0.2, 0) is 0 Å². The van der Waals surface area contributed by atoms with E-state index in [1.54, 1.807) is 0 Å². The van der Waals surface area contributed by atoms with Crippen LogP contribution in [0.1, 0.15) is 32.1 Å². The van der Waals surface area contributed by atoms with Crippen molar-refractivity contribution in [2.75, 3.05) is 39.8 Å². The third kappa shape index (κ3) is 3.44. The van der Waals surface area contributed by atoms with Crippen LogP contribution < -0.4 is 5.32 Å². The second-order valence-electron chi connectivity index (χ2n) is 5.85. The first kappa shape index (κ1) is 12.3. The summed E-state index contributed by atoms with van der Waals surface area (Å²) in [5, 5.41) is 12.6. The summed E-state index contributed by atoms with van der Waals surface area (Å²) in [5.74, 6) is 0.876. The van der Waals surface area contributed by atoms with E-state index in [1.165, 1.54) is 45.3 Å². The normalized spacial score (nSPS) is 25.9. The number of hydrogen-bond acceptors (Lipinski definition) is 3. The van der Waals surface area contributed by atoms with Gasteiger partial charge in [-0.15, -0.1) is 0 Å². The predicted octanol–water partition coefficient (Wildman–Crippen LogP) is 1.08.